The van der Waals surface area contributed by atoms with Crippen LogP contribution < -0.4 is 14.8 Å². The summed E-state index contributed by atoms with van der Waals surface area (Å²) >= 11 is 1.26. The lowest BCUT2D eigenvalue weighted by Crippen LogP contribution is -2.12. The van der Waals surface area contributed by atoms with Gasteiger partial charge in [0.15, 0.2) is 4.96 Å². The van der Waals surface area contributed by atoms with Gasteiger partial charge in [0.2, 0.25) is 0 Å². The Labute approximate surface area is 181 Å². The van der Waals surface area contributed by atoms with E-state index in [1.165, 1.54) is 36.6 Å². The van der Waals surface area contributed by atoms with Crippen LogP contribution >= 0.6 is 11.3 Å². The SMILES string of the molecule is COc1ccc(-c2cn3c(C)c(C(=O)Nc4ccc([N+](=O)[O-])cc4OC)sc3n2)cc1. The lowest BCUT2D eigenvalue weighted by Gasteiger charge is -2.09. The summed E-state index contributed by atoms with van der Waals surface area (Å²) in [4.78, 5) is 29.1. The minimum atomic E-state index is -0.521. The van der Waals surface area contributed by atoms with E-state index in [2.05, 4.69) is 10.3 Å². The number of nitro benzene ring substituents is 1. The van der Waals surface area contributed by atoms with Crippen LogP contribution in [-0.4, -0.2) is 34.4 Å². The fourth-order valence-corrected chi connectivity index (χ4v) is 4.14. The highest BCUT2D eigenvalue weighted by molar-refractivity contribution is 7.19. The largest absolute Gasteiger partial charge is 0.497 e. The lowest BCUT2D eigenvalue weighted by molar-refractivity contribution is -0.384. The fraction of sp³-hybridized carbons (Fsp3) is 0.143. The molecule has 0 saturated carbocycles. The fourth-order valence-electron chi connectivity index (χ4n) is 3.14. The zero-order chi connectivity index (χ0) is 22.1. The summed E-state index contributed by atoms with van der Waals surface area (Å²) in [5.74, 6) is 0.635. The van der Waals surface area contributed by atoms with Crippen molar-refractivity contribution in [2.45, 2.75) is 6.92 Å². The number of nitro groups is 1. The first-order valence-electron chi connectivity index (χ1n) is 9.18. The highest BCUT2D eigenvalue weighted by atomic mass is 32.1. The van der Waals surface area contributed by atoms with Crippen molar-refractivity contribution >= 4 is 33.6 Å². The molecule has 0 aliphatic rings. The van der Waals surface area contributed by atoms with Gasteiger partial charge < -0.3 is 14.8 Å². The van der Waals surface area contributed by atoms with Gasteiger partial charge >= 0.3 is 0 Å². The number of ether oxygens (including phenoxy) is 2. The van der Waals surface area contributed by atoms with Gasteiger partial charge in [0.1, 0.15) is 16.4 Å². The molecular formula is C21H18N4O5S. The molecule has 31 heavy (non-hydrogen) atoms. The number of fused-ring (bicyclic) bond motifs is 1. The molecule has 0 aliphatic carbocycles. The Bertz CT molecular complexity index is 1290. The molecule has 1 amide bonds. The predicted octanol–water partition coefficient (Wildman–Crippen LogP) is 4.55. The van der Waals surface area contributed by atoms with Gasteiger partial charge in [0.05, 0.1) is 36.6 Å². The Morgan fingerprint density at radius 3 is 2.52 bits per heavy atom. The number of hydrogen-bond acceptors (Lipinski definition) is 7. The number of rotatable bonds is 6. The van der Waals surface area contributed by atoms with Crippen molar-refractivity contribution in [1.82, 2.24) is 9.38 Å². The van der Waals surface area contributed by atoms with Gasteiger partial charge in [0, 0.05) is 23.5 Å². The molecule has 0 atom stereocenters. The normalized spacial score (nSPS) is 10.8. The van der Waals surface area contributed by atoms with Gasteiger partial charge in [-0.3, -0.25) is 19.3 Å². The molecule has 10 heteroatoms. The number of nitrogens with zero attached hydrogens (tertiary/aromatic N) is 3. The number of hydrogen-bond donors (Lipinski definition) is 1. The van der Waals surface area contributed by atoms with Crippen molar-refractivity contribution in [1.29, 1.82) is 0 Å². The molecule has 4 aromatic rings. The average Bonchev–Trinajstić information content (AvgIpc) is 3.33. The first-order chi connectivity index (χ1) is 14.9. The summed E-state index contributed by atoms with van der Waals surface area (Å²) in [6.45, 7) is 1.84. The van der Waals surface area contributed by atoms with Crippen LogP contribution in [0.1, 0.15) is 15.4 Å². The molecule has 0 spiro atoms. The summed E-state index contributed by atoms with van der Waals surface area (Å²) in [7, 11) is 3.00. The molecule has 9 nitrogen and oxygen atoms in total. The standard InChI is InChI=1S/C21H18N4O5S/c1-12-19(20(26)22-16-9-6-14(25(27)28)10-18(16)30-3)31-21-23-17(11-24(12)21)13-4-7-15(29-2)8-5-13/h4-11H,1-3H3,(H,22,26). The van der Waals surface area contributed by atoms with E-state index < -0.39 is 4.92 Å². The van der Waals surface area contributed by atoms with E-state index in [4.69, 9.17) is 9.47 Å². The minimum Gasteiger partial charge on any atom is -0.497 e. The van der Waals surface area contributed by atoms with Crippen molar-refractivity contribution in [2.24, 2.45) is 0 Å². The molecule has 2 heterocycles. The Kier molecular flexibility index (Phi) is 5.30. The lowest BCUT2D eigenvalue weighted by atomic mass is 10.2. The monoisotopic (exact) mass is 438 g/mol. The number of carbonyl (C=O) groups excluding carboxylic acids is 1. The quantitative estimate of drug-likeness (QED) is 0.350. The van der Waals surface area contributed by atoms with Crippen molar-refractivity contribution in [2.75, 3.05) is 19.5 Å². The summed E-state index contributed by atoms with van der Waals surface area (Å²) in [5, 5.41) is 13.7. The maximum atomic E-state index is 12.9. The predicted molar refractivity (Wildman–Crippen MR) is 117 cm³/mol. The molecule has 0 saturated heterocycles. The number of thiazole rings is 1. The molecule has 0 bridgehead atoms. The molecular weight excluding hydrogens is 420 g/mol. The molecule has 0 fully saturated rings. The Balaban J connectivity index is 1.61. The van der Waals surface area contributed by atoms with Gasteiger partial charge in [-0.25, -0.2) is 4.98 Å². The number of amides is 1. The van der Waals surface area contributed by atoms with Gasteiger partial charge in [-0.05, 0) is 37.3 Å². The van der Waals surface area contributed by atoms with Crippen LogP contribution in [0.25, 0.3) is 16.2 Å². The second-order valence-corrected chi connectivity index (χ2v) is 7.60. The first kappa shape index (κ1) is 20.4. The molecule has 1 N–H and O–H groups in total. The third kappa shape index (κ3) is 3.80. The molecule has 2 aromatic heterocycles. The van der Waals surface area contributed by atoms with Crippen molar-refractivity contribution in [3.05, 3.63) is 69.3 Å². The maximum Gasteiger partial charge on any atom is 0.273 e. The maximum absolute atomic E-state index is 12.9. The molecule has 0 aliphatic heterocycles. The highest BCUT2D eigenvalue weighted by Crippen LogP contribution is 2.32. The molecule has 0 radical (unpaired) electrons. The summed E-state index contributed by atoms with van der Waals surface area (Å²) < 4.78 is 12.2. The number of aromatic nitrogens is 2. The average molecular weight is 438 g/mol. The van der Waals surface area contributed by atoms with Gasteiger partial charge in [-0.1, -0.05) is 11.3 Å². The number of methoxy groups -OCH3 is 2. The number of imidazole rings is 1. The number of nitrogens with one attached hydrogen (secondary N) is 1. The molecule has 0 unspecified atom stereocenters. The zero-order valence-corrected chi connectivity index (χ0v) is 17.7. The van der Waals surface area contributed by atoms with Crippen LogP contribution in [0.15, 0.2) is 48.7 Å². The second kappa shape index (κ2) is 8.07. The number of anilines is 1. The van der Waals surface area contributed by atoms with E-state index in [0.717, 1.165) is 22.7 Å². The van der Waals surface area contributed by atoms with E-state index in [0.29, 0.717) is 15.5 Å². The van der Waals surface area contributed by atoms with Gasteiger partial charge in [-0.15, -0.1) is 0 Å². The first-order valence-corrected chi connectivity index (χ1v) is 9.99. The van der Waals surface area contributed by atoms with Crippen molar-refractivity contribution < 1.29 is 19.2 Å². The Hall–Kier alpha value is -3.92. The third-order valence-electron chi connectivity index (χ3n) is 4.79. The zero-order valence-electron chi connectivity index (χ0n) is 16.9. The summed E-state index contributed by atoms with van der Waals surface area (Å²) in [6, 6.07) is 11.6. The van der Waals surface area contributed by atoms with Crippen molar-refractivity contribution in [3.63, 3.8) is 0 Å². The number of aryl methyl sites for hydroxylation is 1. The Morgan fingerprint density at radius 1 is 1.16 bits per heavy atom. The number of carbonyl (C=O) groups is 1. The van der Waals surface area contributed by atoms with Crippen LogP contribution in [0.3, 0.4) is 0 Å². The third-order valence-corrected chi connectivity index (χ3v) is 5.95. The van der Waals surface area contributed by atoms with E-state index in [1.54, 1.807) is 7.11 Å². The van der Waals surface area contributed by atoms with Crippen LogP contribution in [-0.2, 0) is 0 Å². The van der Waals surface area contributed by atoms with Crippen LogP contribution in [0.4, 0.5) is 11.4 Å². The molecule has 158 valence electrons. The number of non-ortho nitro benzene ring substituents is 1. The van der Waals surface area contributed by atoms with Gasteiger partial charge in [0.25, 0.3) is 11.6 Å². The van der Waals surface area contributed by atoms with Crippen LogP contribution in [0.5, 0.6) is 11.5 Å². The van der Waals surface area contributed by atoms with Crippen LogP contribution in [0.2, 0.25) is 0 Å². The van der Waals surface area contributed by atoms with E-state index in [-0.39, 0.29) is 17.3 Å². The van der Waals surface area contributed by atoms with Crippen LogP contribution in [0, 0.1) is 17.0 Å². The Morgan fingerprint density at radius 2 is 1.90 bits per heavy atom. The topological polar surface area (TPSA) is 108 Å². The highest BCUT2D eigenvalue weighted by Gasteiger charge is 2.20. The smallest absolute Gasteiger partial charge is 0.273 e. The van der Waals surface area contributed by atoms with Crippen molar-refractivity contribution in [3.8, 4) is 22.8 Å². The van der Waals surface area contributed by atoms with E-state index >= 15 is 0 Å². The summed E-state index contributed by atoms with van der Waals surface area (Å²) in [6.07, 6.45) is 1.88. The summed E-state index contributed by atoms with van der Waals surface area (Å²) in [5.41, 5.74) is 2.71. The molecule has 4 rings (SSSR count). The minimum absolute atomic E-state index is 0.119. The van der Waals surface area contributed by atoms with E-state index in [1.807, 2.05) is 41.8 Å². The molecule has 2 aromatic carbocycles. The van der Waals surface area contributed by atoms with E-state index in [9.17, 15) is 14.9 Å². The number of benzene rings is 2. The van der Waals surface area contributed by atoms with Gasteiger partial charge in [-0.2, -0.15) is 0 Å². The second-order valence-electron chi connectivity index (χ2n) is 6.62.